The van der Waals surface area contributed by atoms with E-state index in [0.717, 1.165) is 6.42 Å². The third-order valence-electron chi connectivity index (χ3n) is 2.93. The number of amides is 1. The van der Waals surface area contributed by atoms with Gasteiger partial charge in [0.25, 0.3) is 0 Å². The van der Waals surface area contributed by atoms with Crippen molar-refractivity contribution in [2.24, 2.45) is 0 Å². The molecule has 0 aromatic carbocycles. The molecule has 0 saturated carbocycles. The zero-order chi connectivity index (χ0) is 10.1. The Hall–Kier alpha value is -1.10. The number of methoxy groups -OCH3 is 1. The van der Waals surface area contributed by atoms with E-state index in [4.69, 9.17) is 4.74 Å². The molecule has 14 heavy (non-hydrogen) atoms. The van der Waals surface area contributed by atoms with Gasteiger partial charge in [0.05, 0.1) is 13.2 Å². The third kappa shape index (κ3) is 1.37. The Labute approximate surface area is 82.4 Å². The number of nitrogens with zero attached hydrogens (tertiary/aromatic N) is 1. The SMILES string of the molecule is COC(=O)[C@H]1NCCN2C(=O)CCC12. The summed E-state index contributed by atoms with van der Waals surface area (Å²) >= 11 is 0. The van der Waals surface area contributed by atoms with Crippen LogP contribution >= 0.6 is 0 Å². The fraction of sp³-hybridized carbons (Fsp3) is 0.778. The highest BCUT2D eigenvalue weighted by Crippen LogP contribution is 2.23. The van der Waals surface area contributed by atoms with Crippen molar-refractivity contribution in [1.29, 1.82) is 0 Å². The first kappa shape index (κ1) is 9.45. The van der Waals surface area contributed by atoms with Crippen LogP contribution in [-0.2, 0) is 14.3 Å². The maximum absolute atomic E-state index is 11.4. The van der Waals surface area contributed by atoms with Crippen LogP contribution < -0.4 is 5.32 Å². The van der Waals surface area contributed by atoms with Crippen LogP contribution in [0.5, 0.6) is 0 Å². The minimum Gasteiger partial charge on any atom is -0.468 e. The second kappa shape index (κ2) is 3.57. The Morgan fingerprint density at radius 3 is 3.14 bits per heavy atom. The number of piperazine rings is 1. The van der Waals surface area contributed by atoms with Gasteiger partial charge in [0.15, 0.2) is 0 Å². The van der Waals surface area contributed by atoms with Crippen molar-refractivity contribution in [3.8, 4) is 0 Å². The molecular weight excluding hydrogens is 184 g/mol. The number of hydrogen-bond donors (Lipinski definition) is 1. The molecule has 0 aromatic rings. The predicted octanol–water partition coefficient (Wildman–Crippen LogP) is -0.878. The van der Waals surface area contributed by atoms with Gasteiger partial charge in [-0.05, 0) is 6.42 Å². The van der Waals surface area contributed by atoms with E-state index < -0.39 is 0 Å². The van der Waals surface area contributed by atoms with E-state index in [9.17, 15) is 9.59 Å². The maximum Gasteiger partial charge on any atom is 0.325 e. The Morgan fingerprint density at radius 2 is 2.43 bits per heavy atom. The highest BCUT2D eigenvalue weighted by atomic mass is 16.5. The summed E-state index contributed by atoms with van der Waals surface area (Å²) in [6.45, 7) is 1.37. The lowest BCUT2D eigenvalue weighted by molar-refractivity contribution is -0.146. The Balaban J connectivity index is 2.12. The summed E-state index contributed by atoms with van der Waals surface area (Å²) in [7, 11) is 1.37. The number of esters is 1. The van der Waals surface area contributed by atoms with E-state index in [1.165, 1.54) is 7.11 Å². The maximum atomic E-state index is 11.4. The molecule has 0 spiro atoms. The van der Waals surface area contributed by atoms with Gasteiger partial charge in [-0.15, -0.1) is 0 Å². The molecule has 2 aliphatic rings. The van der Waals surface area contributed by atoms with Crippen LogP contribution in [0.15, 0.2) is 0 Å². The van der Waals surface area contributed by atoms with Gasteiger partial charge in [-0.2, -0.15) is 0 Å². The predicted molar refractivity (Wildman–Crippen MR) is 48.5 cm³/mol. The lowest BCUT2D eigenvalue weighted by atomic mass is 10.0. The van der Waals surface area contributed by atoms with E-state index in [2.05, 4.69) is 5.32 Å². The molecule has 0 aromatic heterocycles. The number of hydrogen-bond acceptors (Lipinski definition) is 4. The number of carbonyl (C=O) groups excluding carboxylic acids is 2. The minimum atomic E-state index is -0.333. The number of nitrogens with one attached hydrogen (secondary N) is 1. The van der Waals surface area contributed by atoms with Gasteiger partial charge in [0.2, 0.25) is 5.91 Å². The smallest absolute Gasteiger partial charge is 0.325 e. The molecule has 2 aliphatic heterocycles. The molecule has 78 valence electrons. The molecule has 5 nitrogen and oxygen atoms in total. The molecule has 1 amide bonds. The van der Waals surface area contributed by atoms with Gasteiger partial charge >= 0.3 is 5.97 Å². The van der Waals surface area contributed by atoms with Gasteiger partial charge < -0.3 is 15.0 Å². The zero-order valence-corrected chi connectivity index (χ0v) is 8.16. The average Bonchev–Trinajstić information content (AvgIpc) is 2.59. The normalized spacial score (nSPS) is 31.5. The van der Waals surface area contributed by atoms with Crippen molar-refractivity contribution in [2.45, 2.75) is 24.9 Å². The fourth-order valence-electron chi connectivity index (χ4n) is 2.24. The van der Waals surface area contributed by atoms with Crippen molar-refractivity contribution in [3.05, 3.63) is 0 Å². The first-order valence-corrected chi connectivity index (χ1v) is 4.84. The van der Waals surface area contributed by atoms with E-state index in [1.54, 1.807) is 4.90 Å². The Kier molecular flexibility index (Phi) is 2.41. The first-order valence-electron chi connectivity index (χ1n) is 4.84. The number of fused-ring (bicyclic) bond motifs is 1. The third-order valence-corrected chi connectivity index (χ3v) is 2.93. The molecule has 1 N–H and O–H groups in total. The molecule has 2 fully saturated rings. The van der Waals surface area contributed by atoms with E-state index in [-0.39, 0.29) is 24.0 Å². The highest BCUT2D eigenvalue weighted by molar-refractivity contribution is 5.83. The van der Waals surface area contributed by atoms with Crippen LogP contribution in [-0.4, -0.2) is 49.1 Å². The average molecular weight is 198 g/mol. The van der Waals surface area contributed by atoms with Crippen LogP contribution in [0.1, 0.15) is 12.8 Å². The van der Waals surface area contributed by atoms with Gasteiger partial charge in [-0.1, -0.05) is 0 Å². The molecule has 0 radical (unpaired) electrons. The largest absolute Gasteiger partial charge is 0.468 e. The molecule has 2 rings (SSSR count). The summed E-state index contributed by atoms with van der Waals surface area (Å²) in [5.41, 5.74) is 0. The van der Waals surface area contributed by atoms with Crippen molar-refractivity contribution in [1.82, 2.24) is 10.2 Å². The minimum absolute atomic E-state index is 0.00343. The van der Waals surface area contributed by atoms with Crippen molar-refractivity contribution in [2.75, 3.05) is 20.2 Å². The van der Waals surface area contributed by atoms with E-state index >= 15 is 0 Å². The number of ether oxygens (including phenoxy) is 1. The molecule has 2 saturated heterocycles. The van der Waals surface area contributed by atoms with E-state index in [0.29, 0.717) is 19.5 Å². The molecule has 0 aliphatic carbocycles. The van der Waals surface area contributed by atoms with E-state index in [1.807, 2.05) is 0 Å². The Bertz CT molecular complexity index is 267. The Morgan fingerprint density at radius 1 is 1.64 bits per heavy atom. The van der Waals surface area contributed by atoms with Crippen molar-refractivity contribution >= 4 is 11.9 Å². The summed E-state index contributed by atoms with van der Waals surface area (Å²) in [4.78, 5) is 24.6. The number of rotatable bonds is 1. The highest BCUT2D eigenvalue weighted by Gasteiger charge is 2.42. The number of carbonyl (C=O) groups is 2. The lowest BCUT2D eigenvalue weighted by Crippen LogP contribution is -2.59. The molecule has 2 atom stereocenters. The first-order chi connectivity index (χ1) is 6.74. The second-order valence-corrected chi connectivity index (χ2v) is 3.65. The summed E-state index contributed by atoms with van der Waals surface area (Å²) in [5, 5.41) is 3.09. The fourth-order valence-corrected chi connectivity index (χ4v) is 2.24. The van der Waals surface area contributed by atoms with Crippen LogP contribution in [0.2, 0.25) is 0 Å². The second-order valence-electron chi connectivity index (χ2n) is 3.65. The topological polar surface area (TPSA) is 58.6 Å². The van der Waals surface area contributed by atoms with Crippen LogP contribution in [0, 0.1) is 0 Å². The summed E-state index contributed by atoms with van der Waals surface area (Å²) in [6, 6.07) is -0.330. The molecule has 5 heteroatoms. The molecular formula is C9H14N2O3. The lowest BCUT2D eigenvalue weighted by Gasteiger charge is -2.35. The zero-order valence-electron chi connectivity index (χ0n) is 8.16. The monoisotopic (exact) mass is 198 g/mol. The van der Waals surface area contributed by atoms with Crippen molar-refractivity contribution < 1.29 is 14.3 Å². The van der Waals surface area contributed by atoms with Gasteiger partial charge in [-0.3, -0.25) is 9.59 Å². The standard InChI is InChI=1S/C9H14N2O3/c1-14-9(13)8-6-2-3-7(12)11(6)5-4-10-8/h6,8,10H,2-5H2,1H3/t6?,8-/m0/s1. The van der Waals surface area contributed by atoms with Gasteiger partial charge in [0.1, 0.15) is 6.04 Å². The van der Waals surface area contributed by atoms with Gasteiger partial charge in [-0.25, -0.2) is 0 Å². The quantitative estimate of drug-likeness (QED) is 0.556. The van der Waals surface area contributed by atoms with Crippen LogP contribution in [0.3, 0.4) is 0 Å². The van der Waals surface area contributed by atoms with Crippen LogP contribution in [0.4, 0.5) is 0 Å². The summed E-state index contributed by atoms with van der Waals surface area (Å²) in [5.74, 6) is -0.111. The summed E-state index contributed by atoms with van der Waals surface area (Å²) in [6.07, 6.45) is 1.31. The van der Waals surface area contributed by atoms with Crippen molar-refractivity contribution in [3.63, 3.8) is 0 Å². The van der Waals surface area contributed by atoms with Crippen LogP contribution in [0.25, 0.3) is 0 Å². The molecule has 0 bridgehead atoms. The van der Waals surface area contributed by atoms with Gasteiger partial charge in [0, 0.05) is 19.5 Å². The summed E-state index contributed by atoms with van der Waals surface area (Å²) < 4.78 is 4.69. The molecule has 1 unspecified atom stereocenters. The molecule has 2 heterocycles.